The van der Waals surface area contributed by atoms with Crippen LogP contribution in [-0.4, -0.2) is 25.0 Å². The minimum Gasteiger partial charge on any atom is -0.494 e. The van der Waals surface area contributed by atoms with Crippen molar-refractivity contribution in [3.8, 4) is 5.75 Å². The Morgan fingerprint density at radius 3 is 2.44 bits per heavy atom. The van der Waals surface area contributed by atoms with Crippen molar-refractivity contribution in [1.29, 1.82) is 0 Å². The summed E-state index contributed by atoms with van der Waals surface area (Å²) in [7, 11) is 0. The molecular weight excluding hydrogens is 408 g/mol. The highest BCUT2D eigenvalue weighted by molar-refractivity contribution is 9.10. The van der Waals surface area contributed by atoms with Crippen LogP contribution in [0.5, 0.6) is 5.75 Å². The molecule has 0 unspecified atom stereocenters. The van der Waals surface area contributed by atoms with Crippen LogP contribution in [0.4, 0.5) is 11.4 Å². The zero-order valence-corrected chi connectivity index (χ0v) is 17.3. The van der Waals surface area contributed by atoms with Crippen LogP contribution in [0.1, 0.15) is 24.5 Å². The molecule has 6 heteroatoms. The highest BCUT2D eigenvalue weighted by Gasteiger charge is 2.35. The number of aryl methyl sites for hydroxylation is 2. The molecule has 1 atom stereocenters. The van der Waals surface area contributed by atoms with E-state index in [1.165, 1.54) is 0 Å². The second kappa shape index (κ2) is 8.13. The lowest BCUT2D eigenvalue weighted by atomic mass is 10.1. The summed E-state index contributed by atoms with van der Waals surface area (Å²) in [6.45, 7) is 6.88. The summed E-state index contributed by atoms with van der Waals surface area (Å²) < 4.78 is 6.47. The second-order valence-electron chi connectivity index (χ2n) is 6.75. The topological polar surface area (TPSA) is 58.6 Å². The van der Waals surface area contributed by atoms with E-state index >= 15 is 0 Å². The van der Waals surface area contributed by atoms with E-state index < -0.39 is 0 Å². The van der Waals surface area contributed by atoms with Gasteiger partial charge in [-0.05, 0) is 68.3 Å². The van der Waals surface area contributed by atoms with Gasteiger partial charge in [-0.2, -0.15) is 0 Å². The second-order valence-corrected chi connectivity index (χ2v) is 7.54. The van der Waals surface area contributed by atoms with Gasteiger partial charge in [0.25, 0.3) is 0 Å². The molecule has 0 aromatic heterocycles. The number of ether oxygens (including phenoxy) is 1. The Hall–Kier alpha value is -2.34. The fraction of sp³-hybridized carbons (Fsp3) is 0.333. The maximum atomic E-state index is 12.7. The first-order chi connectivity index (χ1) is 12.9. The summed E-state index contributed by atoms with van der Waals surface area (Å²) in [6, 6.07) is 11.2. The van der Waals surface area contributed by atoms with Crippen molar-refractivity contribution in [3.05, 3.63) is 52.0 Å². The van der Waals surface area contributed by atoms with E-state index in [-0.39, 0.29) is 24.2 Å². The third-order valence-electron chi connectivity index (χ3n) is 4.66. The number of nitrogens with one attached hydrogen (secondary N) is 1. The molecular formula is C21H23BrN2O3. The summed E-state index contributed by atoms with van der Waals surface area (Å²) in [5.41, 5.74) is 3.66. The normalized spacial score (nSPS) is 16.5. The average molecular weight is 431 g/mol. The lowest BCUT2D eigenvalue weighted by Gasteiger charge is -2.17. The molecule has 0 radical (unpaired) electrons. The summed E-state index contributed by atoms with van der Waals surface area (Å²) in [6.07, 6.45) is 0.216. The van der Waals surface area contributed by atoms with Gasteiger partial charge in [0.2, 0.25) is 11.8 Å². The Balaban J connectivity index is 1.68. The maximum absolute atomic E-state index is 12.7. The molecule has 1 heterocycles. The largest absolute Gasteiger partial charge is 0.494 e. The number of rotatable bonds is 5. The third kappa shape index (κ3) is 4.33. The van der Waals surface area contributed by atoms with E-state index in [0.29, 0.717) is 13.2 Å². The van der Waals surface area contributed by atoms with Crippen LogP contribution >= 0.6 is 15.9 Å². The van der Waals surface area contributed by atoms with Crippen LogP contribution in [0.15, 0.2) is 40.9 Å². The zero-order valence-electron chi connectivity index (χ0n) is 15.7. The SMILES string of the molecule is CCOc1ccc(N2C[C@@H](C(=O)Nc3cc(C)c(Br)c(C)c3)CC2=O)cc1. The fourth-order valence-electron chi connectivity index (χ4n) is 3.28. The molecule has 1 saturated heterocycles. The molecule has 27 heavy (non-hydrogen) atoms. The first kappa shape index (κ1) is 19.4. The molecule has 142 valence electrons. The average Bonchev–Trinajstić information content (AvgIpc) is 3.02. The van der Waals surface area contributed by atoms with Crippen molar-refractivity contribution in [2.24, 2.45) is 5.92 Å². The molecule has 0 aliphatic carbocycles. The van der Waals surface area contributed by atoms with Crippen LogP contribution in [0, 0.1) is 19.8 Å². The van der Waals surface area contributed by atoms with Gasteiger partial charge in [0.05, 0.1) is 12.5 Å². The van der Waals surface area contributed by atoms with E-state index in [0.717, 1.165) is 32.7 Å². The van der Waals surface area contributed by atoms with Crippen LogP contribution in [-0.2, 0) is 9.59 Å². The smallest absolute Gasteiger partial charge is 0.229 e. The lowest BCUT2D eigenvalue weighted by Crippen LogP contribution is -2.28. The number of nitrogens with zero attached hydrogens (tertiary/aromatic N) is 1. The number of carbonyl (C=O) groups is 2. The number of halogens is 1. The molecule has 2 aromatic rings. The van der Waals surface area contributed by atoms with Crippen LogP contribution in [0.2, 0.25) is 0 Å². The minimum absolute atomic E-state index is 0.0394. The standard InChI is InChI=1S/C21H23BrN2O3/c1-4-27-18-7-5-17(6-8-18)24-12-15(11-19(24)25)21(26)23-16-9-13(2)20(22)14(3)10-16/h5-10,15H,4,11-12H2,1-3H3,(H,23,26)/t15-/m0/s1. The lowest BCUT2D eigenvalue weighted by molar-refractivity contribution is -0.122. The highest BCUT2D eigenvalue weighted by atomic mass is 79.9. The molecule has 0 spiro atoms. The first-order valence-corrected chi connectivity index (χ1v) is 9.79. The molecule has 5 nitrogen and oxygen atoms in total. The Morgan fingerprint density at radius 2 is 1.85 bits per heavy atom. The van der Waals surface area contributed by atoms with E-state index in [4.69, 9.17) is 4.74 Å². The van der Waals surface area contributed by atoms with Gasteiger partial charge in [-0.15, -0.1) is 0 Å². The van der Waals surface area contributed by atoms with E-state index in [2.05, 4.69) is 21.2 Å². The van der Waals surface area contributed by atoms with Crippen LogP contribution in [0.25, 0.3) is 0 Å². The Morgan fingerprint density at radius 1 is 1.22 bits per heavy atom. The van der Waals surface area contributed by atoms with E-state index in [1.807, 2.05) is 57.2 Å². The molecule has 0 saturated carbocycles. The molecule has 1 N–H and O–H groups in total. The molecule has 2 aromatic carbocycles. The van der Waals surface area contributed by atoms with Gasteiger partial charge in [-0.3, -0.25) is 9.59 Å². The van der Waals surface area contributed by atoms with Gasteiger partial charge in [-0.1, -0.05) is 15.9 Å². The number of hydrogen-bond acceptors (Lipinski definition) is 3. The number of anilines is 2. The minimum atomic E-state index is -0.367. The van der Waals surface area contributed by atoms with Crippen molar-refractivity contribution < 1.29 is 14.3 Å². The van der Waals surface area contributed by atoms with Gasteiger partial charge in [0.15, 0.2) is 0 Å². The number of benzene rings is 2. The maximum Gasteiger partial charge on any atom is 0.229 e. The van der Waals surface area contributed by atoms with Crippen molar-refractivity contribution >= 4 is 39.1 Å². The molecule has 1 aliphatic rings. The van der Waals surface area contributed by atoms with Crippen molar-refractivity contribution in [3.63, 3.8) is 0 Å². The van der Waals surface area contributed by atoms with Gasteiger partial charge >= 0.3 is 0 Å². The number of hydrogen-bond donors (Lipinski definition) is 1. The predicted octanol–water partition coefficient (Wildman–Crippen LogP) is 4.46. The van der Waals surface area contributed by atoms with E-state index in [1.54, 1.807) is 4.90 Å². The summed E-state index contributed by atoms with van der Waals surface area (Å²) in [5.74, 6) is 0.233. The predicted molar refractivity (Wildman–Crippen MR) is 110 cm³/mol. The summed E-state index contributed by atoms with van der Waals surface area (Å²) >= 11 is 3.53. The summed E-state index contributed by atoms with van der Waals surface area (Å²) in [4.78, 5) is 26.7. The fourth-order valence-corrected chi connectivity index (χ4v) is 3.51. The highest BCUT2D eigenvalue weighted by Crippen LogP contribution is 2.29. The Bertz CT molecular complexity index is 841. The third-order valence-corrected chi connectivity index (χ3v) is 5.91. The molecule has 0 bridgehead atoms. The van der Waals surface area contributed by atoms with Crippen LogP contribution < -0.4 is 15.0 Å². The van der Waals surface area contributed by atoms with Gasteiger partial charge in [0, 0.05) is 28.8 Å². The molecule has 3 rings (SSSR count). The quantitative estimate of drug-likeness (QED) is 0.761. The van der Waals surface area contributed by atoms with Crippen molar-refractivity contribution in [2.45, 2.75) is 27.2 Å². The van der Waals surface area contributed by atoms with E-state index in [9.17, 15) is 9.59 Å². The number of amides is 2. The number of carbonyl (C=O) groups excluding carboxylic acids is 2. The van der Waals surface area contributed by atoms with Gasteiger partial charge in [-0.25, -0.2) is 0 Å². The summed E-state index contributed by atoms with van der Waals surface area (Å²) in [5, 5.41) is 2.95. The molecule has 2 amide bonds. The Labute approximate surface area is 167 Å². The van der Waals surface area contributed by atoms with Crippen molar-refractivity contribution in [2.75, 3.05) is 23.4 Å². The van der Waals surface area contributed by atoms with Gasteiger partial charge in [0.1, 0.15) is 5.75 Å². The Kier molecular flexibility index (Phi) is 5.85. The molecule has 1 fully saturated rings. The zero-order chi connectivity index (χ0) is 19.6. The van der Waals surface area contributed by atoms with Crippen LogP contribution in [0.3, 0.4) is 0 Å². The monoisotopic (exact) mass is 430 g/mol. The first-order valence-electron chi connectivity index (χ1n) is 9.00. The van der Waals surface area contributed by atoms with Crippen molar-refractivity contribution in [1.82, 2.24) is 0 Å². The van der Waals surface area contributed by atoms with Gasteiger partial charge < -0.3 is 15.0 Å². The molecule has 1 aliphatic heterocycles.